The molecule has 0 aliphatic carbocycles. The summed E-state index contributed by atoms with van der Waals surface area (Å²) in [7, 11) is 1.75. The van der Waals surface area contributed by atoms with E-state index in [9.17, 15) is 0 Å². The molecule has 3 heteroatoms. The van der Waals surface area contributed by atoms with Crippen LogP contribution in [0.3, 0.4) is 0 Å². The molecule has 1 unspecified atom stereocenters. The zero-order valence-electron chi connectivity index (χ0n) is 12.3. The Morgan fingerprint density at radius 2 is 1.86 bits per heavy atom. The molecule has 0 aromatic heterocycles. The molecule has 1 heterocycles. The van der Waals surface area contributed by atoms with E-state index in [1.165, 1.54) is 29.7 Å². The lowest BCUT2D eigenvalue weighted by Gasteiger charge is -2.26. The van der Waals surface area contributed by atoms with Crippen molar-refractivity contribution in [2.24, 2.45) is 0 Å². The average molecular weight is 304 g/mol. The van der Waals surface area contributed by atoms with Crippen molar-refractivity contribution in [3.8, 4) is 5.75 Å². The van der Waals surface area contributed by atoms with E-state index in [-0.39, 0.29) is 12.4 Å². The Balaban J connectivity index is 0.00000161. The monoisotopic (exact) mass is 303 g/mol. The number of nitrogens with one attached hydrogen (secondary N) is 1. The van der Waals surface area contributed by atoms with Crippen LogP contribution < -0.4 is 10.1 Å². The molecule has 0 saturated carbocycles. The quantitative estimate of drug-likeness (QED) is 0.888. The summed E-state index contributed by atoms with van der Waals surface area (Å²) in [5.41, 5.74) is 4.09. The van der Waals surface area contributed by atoms with E-state index in [4.69, 9.17) is 4.74 Å². The number of ether oxygens (including phenoxy) is 1. The van der Waals surface area contributed by atoms with Crippen molar-refractivity contribution in [2.75, 3.05) is 19.0 Å². The molecule has 1 atom stereocenters. The largest absolute Gasteiger partial charge is 0.496 e. The van der Waals surface area contributed by atoms with Gasteiger partial charge in [-0.25, -0.2) is 0 Å². The number of halogens is 1. The van der Waals surface area contributed by atoms with Gasteiger partial charge in [0.1, 0.15) is 5.75 Å². The SMILES string of the molecule is COc1ccccc1CCC1CCNc2ccccc21.Cl. The van der Waals surface area contributed by atoms with Gasteiger partial charge in [0.25, 0.3) is 0 Å². The normalized spacial score (nSPS) is 16.3. The third kappa shape index (κ3) is 3.51. The van der Waals surface area contributed by atoms with Crippen molar-refractivity contribution in [1.82, 2.24) is 0 Å². The molecular formula is C18H22ClNO. The Bertz CT molecular complexity index is 585. The van der Waals surface area contributed by atoms with Gasteiger partial charge in [-0.1, -0.05) is 36.4 Å². The van der Waals surface area contributed by atoms with Crippen LogP contribution in [0.2, 0.25) is 0 Å². The van der Waals surface area contributed by atoms with Crippen LogP contribution in [0.1, 0.15) is 29.9 Å². The third-order valence-electron chi connectivity index (χ3n) is 4.16. The minimum absolute atomic E-state index is 0. The number of hydrogen-bond donors (Lipinski definition) is 1. The number of aryl methyl sites for hydroxylation is 1. The molecule has 0 fully saturated rings. The van der Waals surface area contributed by atoms with Gasteiger partial charge < -0.3 is 10.1 Å². The second kappa shape index (κ2) is 7.37. The van der Waals surface area contributed by atoms with Gasteiger partial charge in [-0.2, -0.15) is 0 Å². The van der Waals surface area contributed by atoms with Gasteiger partial charge in [0.2, 0.25) is 0 Å². The van der Waals surface area contributed by atoms with Crippen LogP contribution in [0.25, 0.3) is 0 Å². The summed E-state index contributed by atoms with van der Waals surface area (Å²) in [6.07, 6.45) is 3.47. The standard InChI is InChI=1S/C18H21NO.ClH/c1-20-18-9-5-2-6-15(18)11-10-14-12-13-19-17-8-4-3-7-16(14)17;/h2-9,14,19H,10-13H2,1H3;1H. The van der Waals surface area contributed by atoms with E-state index in [0.29, 0.717) is 5.92 Å². The average Bonchev–Trinajstić information content (AvgIpc) is 2.53. The number of methoxy groups -OCH3 is 1. The molecule has 3 rings (SSSR count). The van der Waals surface area contributed by atoms with Crippen LogP contribution in [0, 0.1) is 0 Å². The lowest BCUT2D eigenvalue weighted by atomic mass is 9.86. The summed E-state index contributed by atoms with van der Waals surface area (Å²) >= 11 is 0. The highest BCUT2D eigenvalue weighted by atomic mass is 35.5. The number of rotatable bonds is 4. The van der Waals surface area contributed by atoms with Gasteiger partial charge in [0.15, 0.2) is 0 Å². The van der Waals surface area contributed by atoms with Gasteiger partial charge in [0.05, 0.1) is 7.11 Å². The molecule has 0 amide bonds. The van der Waals surface area contributed by atoms with Crippen LogP contribution in [0.5, 0.6) is 5.75 Å². The first-order valence-corrected chi connectivity index (χ1v) is 7.33. The molecule has 2 aromatic carbocycles. The maximum atomic E-state index is 5.44. The molecule has 0 spiro atoms. The van der Waals surface area contributed by atoms with E-state index in [1.807, 2.05) is 12.1 Å². The highest BCUT2D eigenvalue weighted by molar-refractivity contribution is 5.85. The lowest BCUT2D eigenvalue weighted by Crippen LogP contribution is -2.17. The molecule has 0 saturated heterocycles. The van der Waals surface area contributed by atoms with Gasteiger partial charge in [-0.15, -0.1) is 12.4 Å². The topological polar surface area (TPSA) is 21.3 Å². The summed E-state index contributed by atoms with van der Waals surface area (Å²) in [4.78, 5) is 0. The van der Waals surface area contributed by atoms with E-state index < -0.39 is 0 Å². The van der Waals surface area contributed by atoms with E-state index in [1.54, 1.807) is 7.11 Å². The zero-order chi connectivity index (χ0) is 13.8. The van der Waals surface area contributed by atoms with Crippen LogP contribution in [-0.4, -0.2) is 13.7 Å². The fourth-order valence-corrected chi connectivity index (χ4v) is 3.09. The van der Waals surface area contributed by atoms with E-state index >= 15 is 0 Å². The van der Waals surface area contributed by atoms with Crippen LogP contribution >= 0.6 is 12.4 Å². The maximum absolute atomic E-state index is 5.44. The summed E-state index contributed by atoms with van der Waals surface area (Å²) < 4.78 is 5.44. The number of anilines is 1. The molecule has 1 aliphatic rings. The van der Waals surface area contributed by atoms with Crippen molar-refractivity contribution in [2.45, 2.75) is 25.2 Å². The summed E-state index contributed by atoms with van der Waals surface area (Å²) in [6, 6.07) is 17.0. The molecule has 0 bridgehead atoms. The third-order valence-corrected chi connectivity index (χ3v) is 4.16. The smallest absolute Gasteiger partial charge is 0.122 e. The number of para-hydroxylation sites is 2. The van der Waals surface area contributed by atoms with Crippen molar-refractivity contribution in [3.63, 3.8) is 0 Å². The molecular weight excluding hydrogens is 282 g/mol. The Labute approximate surface area is 132 Å². The molecule has 112 valence electrons. The van der Waals surface area contributed by atoms with Crippen molar-refractivity contribution in [1.29, 1.82) is 0 Å². The second-order valence-electron chi connectivity index (χ2n) is 5.35. The Morgan fingerprint density at radius 3 is 2.71 bits per heavy atom. The minimum atomic E-state index is 0. The first-order chi connectivity index (χ1) is 9.88. The summed E-state index contributed by atoms with van der Waals surface area (Å²) in [5, 5.41) is 3.49. The molecule has 2 nitrogen and oxygen atoms in total. The number of fused-ring (bicyclic) bond motifs is 1. The van der Waals surface area contributed by atoms with Crippen LogP contribution in [-0.2, 0) is 6.42 Å². The molecule has 1 aliphatic heterocycles. The number of hydrogen-bond acceptors (Lipinski definition) is 2. The van der Waals surface area contributed by atoms with Crippen molar-refractivity contribution in [3.05, 3.63) is 59.7 Å². The first-order valence-electron chi connectivity index (χ1n) is 7.33. The van der Waals surface area contributed by atoms with E-state index in [2.05, 4.69) is 41.7 Å². The van der Waals surface area contributed by atoms with Gasteiger partial charge in [-0.3, -0.25) is 0 Å². The van der Waals surface area contributed by atoms with Crippen molar-refractivity contribution < 1.29 is 4.74 Å². The maximum Gasteiger partial charge on any atom is 0.122 e. The van der Waals surface area contributed by atoms with Gasteiger partial charge in [0, 0.05) is 12.2 Å². The van der Waals surface area contributed by atoms with Gasteiger partial charge in [-0.05, 0) is 48.4 Å². The Kier molecular flexibility index (Phi) is 5.51. The van der Waals surface area contributed by atoms with Crippen molar-refractivity contribution >= 4 is 18.1 Å². The highest BCUT2D eigenvalue weighted by Gasteiger charge is 2.19. The predicted molar refractivity (Wildman–Crippen MR) is 90.9 cm³/mol. The molecule has 0 radical (unpaired) electrons. The Hall–Kier alpha value is -1.67. The molecule has 21 heavy (non-hydrogen) atoms. The fourth-order valence-electron chi connectivity index (χ4n) is 3.09. The minimum Gasteiger partial charge on any atom is -0.496 e. The molecule has 1 N–H and O–H groups in total. The molecule has 2 aromatic rings. The fraction of sp³-hybridized carbons (Fsp3) is 0.333. The van der Waals surface area contributed by atoms with Crippen LogP contribution in [0.4, 0.5) is 5.69 Å². The van der Waals surface area contributed by atoms with Gasteiger partial charge >= 0.3 is 0 Å². The summed E-state index contributed by atoms with van der Waals surface area (Å²) in [5.74, 6) is 1.66. The number of benzene rings is 2. The second-order valence-corrected chi connectivity index (χ2v) is 5.35. The predicted octanol–water partition coefficient (Wildman–Crippen LogP) is 4.65. The lowest BCUT2D eigenvalue weighted by molar-refractivity contribution is 0.408. The zero-order valence-corrected chi connectivity index (χ0v) is 13.2. The highest BCUT2D eigenvalue weighted by Crippen LogP contribution is 2.35. The summed E-state index contributed by atoms with van der Waals surface area (Å²) in [6.45, 7) is 1.08. The first kappa shape index (κ1) is 15.7. The van der Waals surface area contributed by atoms with E-state index in [0.717, 1.165) is 18.7 Å². The Morgan fingerprint density at radius 1 is 1.10 bits per heavy atom. The van der Waals surface area contributed by atoms with Crippen LogP contribution in [0.15, 0.2) is 48.5 Å².